The van der Waals surface area contributed by atoms with Crippen molar-refractivity contribution in [3.05, 3.63) is 42.7 Å². The van der Waals surface area contributed by atoms with E-state index in [1.165, 1.54) is 0 Å². The molecule has 0 fully saturated rings. The van der Waals surface area contributed by atoms with Gasteiger partial charge in [0.25, 0.3) is 0 Å². The third-order valence-corrected chi connectivity index (χ3v) is 4.70. The Morgan fingerprint density at radius 3 is 2.79 bits per heavy atom. The van der Waals surface area contributed by atoms with E-state index in [-0.39, 0.29) is 18.8 Å². The fourth-order valence-corrected chi connectivity index (χ4v) is 3.20. The molecule has 1 atom stereocenters. The summed E-state index contributed by atoms with van der Waals surface area (Å²) in [7, 11) is 0. The smallest absolute Gasteiger partial charge is 0.181 e. The molecule has 150 valence electrons. The predicted octanol–water partition coefficient (Wildman–Crippen LogP) is 3.61. The minimum absolute atomic E-state index is 0.0419. The number of nitrogens with zero attached hydrogens (tertiary/aromatic N) is 5. The molecule has 0 saturated heterocycles. The van der Waals surface area contributed by atoms with Crippen LogP contribution in [0.15, 0.2) is 42.7 Å². The van der Waals surface area contributed by atoms with Gasteiger partial charge in [-0.1, -0.05) is 6.92 Å². The number of hydrogen-bond acceptors (Lipinski definition) is 6. The summed E-state index contributed by atoms with van der Waals surface area (Å²) in [6, 6.07) is 9.47. The summed E-state index contributed by atoms with van der Waals surface area (Å²) in [4.78, 5) is 9.09. The van der Waals surface area contributed by atoms with E-state index < -0.39 is 0 Å². The molecule has 0 aliphatic rings. The predicted molar refractivity (Wildman–Crippen MR) is 111 cm³/mol. The fourth-order valence-electron chi connectivity index (χ4n) is 3.20. The molecule has 8 heteroatoms. The van der Waals surface area contributed by atoms with Crippen LogP contribution in [-0.2, 0) is 0 Å². The van der Waals surface area contributed by atoms with Crippen LogP contribution in [0, 0.1) is 0 Å². The minimum Gasteiger partial charge on any atom is -0.491 e. The standard InChI is InChI=1S/C21H24N6O2/c1-4-14(12-28)27-10-8-19(26-27)18-7-9-22-21(23-18)20-16-11-15(29-13(2)3)5-6-17(16)24-25-20/h5-11,13-14,28H,4,12H2,1-3H3,(H,24,25). The number of nitrogens with one attached hydrogen (secondary N) is 1. The number of aromatic nitrogens is 6. The Balaban J connectivity index is 1.71. The van der Waals surface area contributed by atoms with Gasteiger partial charge in [0.15, 0.2) is 5.82 Å². The second-order valence-corrected chi connectivity index (χ2v) is 7.14. The molecule has 3 aromatic heterocycles. The third-order valence-electron chi connectivity index (χ3n) is 4.70. The molecule has 4 aromatic rings. The quantitative estimate of drug-likeness (QED) is 0.498. The summed E-state index contributed by atoms with van der Waals surface area (Å²) in [6.07, 6.45) is 4.45. The zero-order valence-electron chi connectivity index (χ0n) is 16.7. The molecule has 29 heavy (non-hydrogen) atoms. The van der Waals surface area contributed by atoms with Gasteiger partial charge in [-0.25, -0.2) is 9.97 Å². The van der Waals surface area contributed by atoms with Gasteiger partial charge in [0.1, 0.15) is 17.1 Å². The molecule has 0 spiro atoms. The largest absolute Gasteiger partial charge is 0.491 e. The zero-order chi connectivity index (χ0) is 20.4. The van der Waals surface area contributed by atoms with Crippen molar-refractivity contribution in [3.8, 4) is 28.7 Å². The van der Waals surface area contributed by atoms with Gasteiger partial charge >= 0.3 is 0 Å². The number of aromatic amines is 1. The van der Waals surface area contributed by atoms with Crippen LogP contribution in [0.4, 0.5) is 0 Å². The van der Waals surface area contributed by atoms with Crippen molar-refractivity contribution < 1.29 is 9.84 Å². The van der Waals surface area contributed by atoms with E-state index in [4.69, 9.17) is 4.74 Å². The van der Waals surface area contributed by atoms with E-state index in [1.54, 1.807) is 10.9 Å². The van der Waals surface area contributed by atoms with Crippen LogP contribution in [0.25, 0.3) is 33.8 Å². The first kappa shape index (κ1) is 19.1. The topological polar surface area (TPSA) is 102 Å². The van der Waals surface area contributed by atoms with Crippen LogP contribution in [0.2, 0.25) is 0 Å². The van der Waals surface area contributed by atoms with Gasteiger partial charge in [-0.15, -0.1) is 0 Å². The van der Waals surface area contributed by atoms with Gasteiger partial charge in [0.05, 0.1) is 30.0 Å². The summed E-state index contributed by atoms with van der Waals surface area (Å²) in [5, 5.41) is 22.4. The lowest BCUT2D eigenvalue weighted by Crippen LogP contribution is -2.12. The van der Waals surface area contributed by atoms with E-state index >= 15 is 0 Å². The summed E-state index contributed by atoms with van der Waals surface area (Å²) in [5.41, 5.74) is 2.98. The molecule has 1 aromatic carbocycles. The number of ether oxygens (including phenoxy) is 1. The number of H-pyrrole nitrogens is 1. The van der Waals surface area contributed by atoms with Crippen molar-refractivity contribution in [3.63, 3.8) is 0 Å². The average molecular weight is 392 g/mol. The SMILES string of the molecule is CCC(CO)n1ccc(-c2ccnc(-c3n[nH]c4ccc(OC(C)C)cc34)n2)n1. The van der Waals surface area contributed by atoms with Gasteiger partial charge in [-0.3, -0.25) is 9.78 Å². The van der Waals surface area contributed by atoms with Crippen molar-refractivity contribution in [2.75, 3.05) is 6.61 Å². The normalized spacial score (nSPS) is 12.6. The van der Waals surface area contributed by atoms with E-state index in [2.05, 4.69) is 25.3 Å². The first-order valence-electron chi connectivity index (χ1n) is 9.73. The molecule has 0 saturated carbocycles. The van der Waals surface area contributed by atoms with Crippen molar-refractivity contribution in [2.45, 2.75) is 39.3 Å². The fraction of sp³-hybridized carbons (Fsp3) is 0.333. The summed E-state index contributed by atoms with van der Waals surface area (Å²) in [6.45, 7) is 6.05. The molecular weight excluding hydrogens is 368 g/mol. The third kappa shape index (κ3) is 3.84. The maximum absolute atomic E-state index is 9.50. The van der Waals surface area contributed by atoms with E-state index in [9.17, 15) is 5.11 Å². The molecule has 8 nitrogen and oxygen atoms in total. The molecular formula is C21H24N6O2. The van der Waals surface area contributed by atoms with Crippen LogP contribution in [0.5, 0.6) is 5.75 Å². The van der Waals surface area contributed by atoms with Crippen LogP contribution in [0.3, 0.4) is 0 Å². The number of fused-ring (bicyclic) bond motifs is 1. The molecule has 0 bridgehead atoms. The van der Waals surface area contributed by atoms with Crippen LogP contribution >= 0.6 is 0 Å². The van der Waals surface area contributed by atoms with E-state index in [0.29, 0.717) is 17.2 Å². The summed E-state index contributed by atoms with van der Waals surface area (Å²) >= 11 is 0. The highest BCUT2D eigenvalue weighted by atomic mass is 16.5. The van der Waals surface area contributed by atoms with Crippen molar-refractivity contribution >= 4 is 10.9 Å². The average Bonchev–Trinajstić information content (AvgIpc) is 3.36. The Morgan fingerprint density at radius 1 is 1.17 bits per heavy atom. The summed E-state index contributed by atoms with van der Waals surface area (Å²) in [5.74, 6) is 1.29. The Bertz CT molecular complexity index is 1110. The van der Waals surface area contributed by atoms with Crippen LogP contribution in [0.1, 0.15) is 33.2 Å². The lowest BCUT2D eigenvalue weighted by molar-refractivity contribution is 0.215. The van der Waals surface area contributed by atoms with Gasteiger partial charge in [0, 0.05) is 17.8 Å². The molecule has 2 N–H and O–H groups in total. The number of rotatable bonds is 7. The highest BCUT2D eigenvalue weighted by molar-refractivity contribution is 5.92. The van der Waals surface area contributed by atoms with Gasteiger partial charge in [-0.05, 0) is 50.6 Å². The van der Waals surface area contributed by atoms with Gasteiger partial charge < -0.3 is 9.84 Å². The molecule has 1 unspecified atom stereocenters. The van der Waals surface area contributed by atoms with Crippen molar-refractivity contribution in [2.24, 2.45) is 0 Å². The number of benzene rings is 1. The minimum atomic E-state index is -0.0419. The summed E-state index contributed by atoms with van der Waals surface area (Å²) < 4.78 is 7.58. The lowest BCUT2D eigenvalue weighted by atomic mass is 10.2. The highest BCUT2D eigenvalue weighted by Gasteiger charge is 2.15. The second-order valence-electron chi connectivity index (χ2n) is 7.14. The maximum Gasteiger partial charge on any atom is 0.181 e. The van der Waals surface area contributed by atoms with Crippen molar-refractivity contribution in [1.29, 1.82) is 0 Å². The Labute approximate surface area is 168 Å². The maximum atomic E-state index is 9.50. The van der Waals surface area contributed by atoms with E-state index in [0.717, 1.165) is 28.8 Å². The molecule has 4 rings (SSSR count). The van der Waals surface area contributed by atoms with E-state index in [1.807, 2.05) is 57.3 Å². The van der Waals surface area contributed by atoms with Crippen LogP contribution < -0.4 is 4.74 Å². The Kier molecular flexibility index (Phi) is 5.26. The molecule has 0 amide bonds. The number of aliphatic hydroxyl groups is 1. The van der Waals surface area contributed by atoms with Gasteiger partial charge in [-0.2, -0.15) is 10.2 Å². The number of aliphatic hydroxyl groups excluding tert-OH is 1. The van der Waals surface area contributed by atoms with Gasteiger partial charge in [0.2, 0.25) is 0 Å². The number of hydrogen-bond donors (Lipinski definition) is 2. The Hall–Kier alpha value is -3.26. The molecule has 0 aliphatic carbocycles. The monoisotopic (exact) mass is 392 g/mol. The Morgan fingerprint density at radius 2 is 2.03 bits per heavy atom. The first-order chi connectivity index (χ1) is 14.1. The molecule has 3 heterocycles. The highest BCUT2D eigenvalue weighted by Crippen LogP contribution is 2.29. The van der Waals surface area contributed by atoms with Crippen molar-refractivity contribution in [1.82, 2.24) is 29.9 Å². The second kappa shape index (κ2) is 8.00. The molecule has 0 aliphatic heterocycles. The zero-order valence-corrected chi connectivity index (χ0v) is 16.7. The molecule has 0 radical (unpaired) electrons. The van der Waals surface area contributed by atoms with Crippen LogP contribution in [-0.4, -0.2) is 47.8 Å². The lowest BCUT2D eigenvalue weighted by Gasteiger charge is -2.11. The first-order valence-corrected chi connectivity index (χ1v) is 9.73.